The van der Waals surface area contributed by atoms with Gasteiger partial charge in [-0.2, -0.15) is 0 Å². The lowest BCUT2D eigenvalue weighted by Crippen LogP contribution is -2.09. The third kappa shape index (κ3) is 3.35. The number of carbonyl (C=O) groups excluding carboxylic acids is 2. The maximum absolute atomic E-state index is 10.8. The molecular weight excluding hydrogens is 308 g/mol. The first-order chi connectivity index (χ1) is 10.9. The molecule has 0 bridgehead atoms. The fraction of sp³-hybridized carbons (Fsp3) is 0. The van der Waals surface area contributed by atoms with Gasteiger partial charge in [-0.1, -0.05) is 0 Å². The molecule has 1 aliphatic heterocycles. The zero-order valence-electron chi connectivity index (χ0n) is 11.3. The number of rotatable bonds is 2. The van der Waals surface area contributed by atoms with Crippen molar-refractivity contribution in [3.05, 3.63) is 59.2 Å². The Balaban J connectivity index is 0.000000167. The lowest BCUT2D eigenvalue weighted by Gasteiger charge is -1.97. The first-order valence-corrected chi connectivity index (χ1v) is 6.05. The number of pyridine rings is 2. The molecule has 9 nitrogen and oxygen atoms in total. The summed E-state index contributed by atoms with van der Waals surface area (Å²) >= 11 is 0. The third-order valence-corrected chi connectivity index (χ3v) is 2.65. The van der Waals surface area contributed by atoms with Crippen molar-refractivity contribution < 1.29 is 34.1 Å². The molecule has 0 saturated heterocycles. The number of carboxylic acids is 2. The summed E-state index contributed by atoms with van der Waals surface area (Å²) in [5.41, 5.74) is -0.384. The minimum Gasteiger partial charge on any atom is -0.478 e. The van der Waals surface area contributed by atoms with E-state index in [1.54, 1.807) is 6.07 Å². The van der Waals surface area contributed by atoms with Crippen LogP contribution in [0.1, 0.15) is 41.7 Å². The van der Waals surface area contributed by atoms with E-state index >= 15 is 0 Å². The summed E-state index contributed by atoms with van der Waals surface area (Å²) in [6, 6.07) is 5.66. The molecule has 2 aromatic rings. The average molecular weight is 316 g/mol. The normalized spacial score (nSPS) is 11.8. The number of hydrogen-bond acceptors (Lipinski definition) is 7. The molecule has 3 heterocycles. The fourth-order valence-electron chi connectivity index (χ4n) is 1.67. The smallest absolute Gasteiger partial charge is 0.365 e. The molecule has 0 amide bonds. The zero-order valence-corrected chi connectivity index (χ0v) is 11.3. The molecule has 3 rings (SSSR count). The summed E-state index contributed by atoms with van der Waals surface area (Å²) in [4.78, 5) is 49.5. The van der Waals surface area contributed by atoms with Crippen LogP contribution in [0.3, 0.4) is 0 Å². The van der Waals surface area contributed by atoms with Gasteiger partial charge in [0.25, 0.3) is 0 Å². The highest BCUT2D eigenvalue weighted by molar-refractivity contribution is 6.13. The Kier molecular flexibility index (Phi) is 4.41. The highest BCUT2D eigenvalue weighted by atomic mass is 16.6. The van der Waals surface area contributed by atoms with Gasteiger partial charge in [0.2, 0.25) is 0 Å². The molecular formula is C14H8N2O7. The van der Waals surface area contributed by atoms with Crippen molar-refractivity contribution in [3.63, 3.8) is 0 Å². The molecule has 0 unspecified atom stereocenters. The number of aromatic nitrogens is 2. The van der Waals surface area contributed by atoms with E-state index in [0.29, 0.717) is 0 Å². The van der Waals surface area contributed by atoms with E-state index in [2.05, 4.69) is 14.7 Å². The number of aromatic carboxylic acids is 2. The second-order valence-electron chi connectivity index (χ2n) is 4.09. The van der Waals surface area contributed by atoms with Crippen molar-refractivity contribution in [1.29, 1.82) is 0 Å². The van der Waals surface area contributed by atoms with Crippen LogP contribution < -0.4 is 0 Å². The van der Waals surface area contributed by atoms with Crippen LogP contribution in [0.5, 0.6) is 0 Å². The molecule has 0 aromatic carbocycles. The van der Waals surface area contributed by atoms with Crippen molar-refractivity contribution in [1.82, 2.24) is 9.97 Å². The fourth-order valence-corrected chi connectivity index (χ4v) is 1.67. The van der Waals surface area contributed by atoms with E-state index in [9.17, 15) is 19.2 Å². The Labute approximate surface area is 128 Å². The minimum absolute atomic E-state index is 0.109. The van der Waals surface area contributed by atoms with Gasteiger partial charge in [0.1, 0.15) is 0 Å². The third-order valence-electron chi connectivity index (χ3n) is 2.65. The minimum atomic E-state index is -1.34. The monoisotopic (exact) mass is 316 g/mol. The van der Waals surface area contributed by atoms with Gasteiger partial charge in [-0.15, -0.1) is 0 Å². The number of esters is 2. The lowest BCUT2D eigenvalue weighted by molar-refractivity contribution is 0.0440. The predicted octanol–water partition coefficient (Wildman–Crippen LogP) is 0.870. The van der Waals surface area contributed by atoms with Gasteiger partial charge in [-0.3, -0.25) is 0 Å². The van der Waals surface area contributed by atoms with Gasteiger partial charge >= 0.3 is 23.9 Å². The second-order valence-corrected chi connectivity index (χ2v) is 4.09. The summed E-state index contributed by atoms with van der Waals surface area (Å²) < 4.78 is 4.29. The Morgan fingerprint density at radius 2 is 1.57 bits per heavy atom. The van der Waals surface area contributed by atoms with E-state index in [1.165, 1.54) is 30.6 Å². The number of ether oxygens (including phenoxy) is 1. The van der Waals surface area contributed by atoms with E-state index < -0.39 is 29.6 Å². The Morgan fingerprint density at radius 1 is 0.913 bits per heavy atom. The molecule has 2 N–H and O–H groups in total. The Hall–Kier alpha value is -3.62. The maximum Gasteiger partial charge on any atom is 0.365 e. The van der Waals surface area contributed by atoms with Gasteiger partial charge in [0.05, 0.1) is 11.1 Å². The highest BCUT2D eigenvalue weighted by Crippen LogP contribution is 2.15. The Morgan fingerprint density at radius 3 is 2.13 bits per heavy atom. The summed E-state index contributed by atoms with van der Waals surface area (Å²) in [6.07, 6.45) is 2.68. The summed E-state index contributed by atoms with van der Waals surface area (Å²) in [6.45, 7) is 0. The zero-order chi connectivity index (χ0) is 17.0. The SMILES string of the molecule is O=C(O)c1cccnc1C(=O)O.O=C1OC(=O)c2ncccc21. The van der Waals surface area contributed by atoms with Gasteiger partial charge in [0.15, 0.2) is 11.4 Å². The van der Waals surface area contributed by atoms with Crippen molar-refractivity contribution in [3.8, 4) is 0 Å². The highest BCUT2D eigenvalue weighted by Gasteiger charge is 2.30. The van der Waals surface area contributed by atoms with Crippen LogP contribution in [0, 0.1) is 0 Å². The molecule has 0 aliphatic carbocycles. The molecule has 0 radical (unpaired) electrons. The number of carboxylic acid groups (broad SMARTS) is 2. The quantitative estimate of drug-likeness (QED) is 0.609. The molecule has 23 heavy (non-hydrogen) atoms. The van der Waals surface area contributed by atoms with Gasteiger partial charge < -0.3 is 14.9 Å². The average Bonchev–Trinajstić information content (AvgIpc) is 2.83. The second kappa shape index (κ2) is 6.43. The van der Waals surface area contributed by atoms with E-state index in [4.69, 9.17) is 10.2 Å². The van der Waals surface area contributed by atoms with Crippen LogP contribution in [-0.4, -0.2) is 44.1 Å². The number of nitrogens with zero attached hydrogens (tertiary/aromatic N) is 2. The number of carbonyl (C=O) groups is 4. The largest absolute Gasteiger partial charge is 0.478 e. The molecule has 0 fully saturated rings. The van der Waals surface area contributed by atoms with Crippen LogP contribution in [0.25, 0.3) is 0 Å². The summed E-state index contributed by atoms with van der Waals surface area (Å²) in [5.74, 6) is -3.91. The summed E-state index contributed by atoms with van der Waals surface area (Å²) in [7, 11) is 0. The number of cyclic esters (lactones) is 2. The first kappa shape index (κ1) is 15.8. The molecule has 2 aromatic heterocycles. The van der Waals surface area contributed by atoms with E-state index in [-0.39, 0.29) is 16.8 Å². The first-order valence-electron chi connectivity index (χ1n) is 6.05. The van der Waals surface area contributed by atoms with Crippen molar-refractivity contribution in [2.75, 3.05) is 0 Å². The van der Waals surface area contributed by atoms with Crippen LogP contribution in [0.2, 0.25) is 0 Å². The molecule has 0 atom stereocenters. The number of fused-ring (bicyclic) bond motifs is 1. The lowest BCUT2D eigenvalue weighted by atomic mass is 10.2. The molecule has 0 saturated carbocycles. The number of hydrogen-bond donors (Lipinski definition) is 2. The van der Waals surface area contributed by atoms with Gasteiger partial charge in [0, 0.05) is 12.4 Å². The van der Waals surface area contributed by atoms with Crippen LogP contribution in [0.4, 0.5) is 0 Å². The van der Waals surface area contributed by atoms with Crippen LogP contribution in [-0.2, 0) is 4.74 Å². The van der Waals surface area contributed by atoms with Gasteiger partial charge in [-0.25, -0.2) is 29.1 Å². The van der Waals surface area contributed by atoms with Crippen LogP contribution >= 0.6 is 0 Å². The predicted molar refractivity (Wildman–Crippen MR) is 72.1 cm³/mol. The van der Waals surface area contributed by atoms with Crippen molar-refractivity contribution >= 4 is 23.9 Å². The molecule has 1 aliphatic rings. The van der Waals surface area contributed by atoms with E-state index in [0.717, 1.165) is 0 Å². The standard InChI is InChI=1S/C7H5NO4.C7H3NO3/c9-6(10)4-2-1-3-8-5(4)7(11)12;9-6-4-2-1-3-8-5(4)7(10)11-6/h1-3H,(H,9,10)(H,11,12);1-3H. The molecule has 9 heteroatoms. The summed E-state index contributed by atoms with van der Waals surface area (Å²) in [5, 5.41) is 17.0. The topological polar surface area (TPSA) is 144 Å². The maximum atomic E-state index is 10.8. The van der Waals surface area contributed by atoms with Crippen LogP contribution in [0.15, 0.2) is 36.7 Å². The Bertz CT molecular complexity index is 750. The van der Waals surface area contributed by atoms with E-state index in [1.807, 2.05) is 0 Å². The van der Waals surface area contributed by atoms with Gasteiger partial charge in [-0.05, 0) is 24.3 Å². The molecule has 0 spiro atoms. The van der Waals surface area contributed by atoms with Crippen molar-refractivity contribution in [2.24, 2.45) is 0 Å². The molecule has 116 valence electrons. The van der Waals surface area contributed by atoms with Crippen molar-refractivity contribution in [2.45, 2.75) is 0 Å².